The predicted octanol–water partition coefficient (Wildman–Crippen LogP) is 6.17. The van der Waals surface area contributed by atoms with Crippen molar-refractivity contribution >= 4 is 43.8 Å². The summed E-state index contributed by atoms with van der Waals surface area (Å²) in [4.78, 5) is 4.56. The largest absolute Gasteiger partial charge is 0.497 e. The lowest BCUT2D eigenvalue weighted by Crippen LogP contribution is -2.03. The first-order valence-corrected chi connectivity index (χ1v) is 11.6. The fraction of sp³-hybridized carbons (Fsp3) is 0.154. The third-order valence-corrected chi connectivity index (χ3v) is 6.29. The highest BCUT2D eigenvalue weighted by Crippen LogP contribution is 2.26. The van der Waals surface area contributed by atoms with Gasteiger partial charge in [-0.15, -0.1) is 0 Å². The van der Waals surface area contributed by atoms with Crippen LogP contribution >= 0.6 is 11.3 Å². The number of anilines is 1. The smallest absolute Gasteiger partial charge is 0.204 e. The summed E-state index contributed by atoms with van der Waals surface area (Å²) in [6.45, 7) is 1.50. The fourth-order valence-electron chi connectivity index (χ4n) is 3.74. The molecule has 0 atom stereocenters. The van der Waals surface area contributed by atoms with E-state index in [1.807, 2.05) is 48.7 Å². The molecule has 6 nitrogen and oxygen atoms in total. The number of aromatic nitrogens is 2. The van der Waals surface area contributed by atoms with E-state index in [1.54, 1.807) is 18.4 Å². The Hall–Kier alpha value is -3.84. The van der Waals surface area contributed by atoms with Gasteiger partial charge in [-0.2, -0.15) is 5.10 Å². The monoisotopic (exact) mass is 456 g/mol. The molecule has 3 aromatic carbocycles. The molecule has 0 aliphatic rings. The van der Waals surface area contributed by atoms with Gasteiger partial charge in [0.1, 0.15) is 11.5 Å². The first-order chi connectivity index (χ1) is 16.3. The summed E-state index contributed by atoms with van der Waals surface area (Å²) in [7, 11) is 1.66. The minimum Gasteiger partial charge on any atom is -0.497 e. The number of hydrogen-bond donors (Lipinski definition) is 1. The van der Waals surface area contributed by atoms with Crippen LogP contribution in [0.4, 0.5) is 5.13 Å². The van der Waals surface area contributed by atoms with Crippen LogP contribution in [0.2, 0.25) is 0 Å². The average Bonchev–Trinajstić information content (AvgIpc) is 3.43. The Labute approximate surface area is 196 Å². The number of fused-ring (bicyclic) bond motifs is 2. The Morgan fingerprint density at radius 1 is 1.00 bits per heavy atom. The Morgan fingerprint density at radius 2 is 1.79 bits per heavy atom. The molecular weight excluding hydrogens is 432 g/mol. The van der Waals surface area contributed by atoms with Gasteiger partial charge in [-0.1, -0.05) is 41.7 Å². The third kappa shape index (κ3) is 4.83. The number of para-hydroxylation sites is 2. The molecule has 0 saturated heterocycles. The predicted molar refractivity (Wildman–Crippen MR) is 136 cm³/mol. The Kier molecular flexibility index (Phi) is 6.21. The maximum atomic E-state index is 5.87. The highest BCUT2D eigenvalue weighted by molar-refractivity contribution is 7.22. The quantitative estimate of drug-likeness (QED) is 0.164. The van der Waals surface area contributed by atoms with Crippen molar-refractivity contribution in [1.82, 2.24) is 9.55 Å². The normalized spacial score (nSPS) is 11.4. The lowest BCUT2D eigenvalue weighted by Gasteiger charge is -2.08. The van der Waals surface area contributed by atoms with Crippen molar-refractivity contribution in [3.8, 4) is 11.5 Å². The summed E-state index contributed by atoms with van der Waals surface area (Å²) in [5.41, 5.74) is 6.30. The van der Waals surface area contributed by atoms with Gasteiger partial charge in [-0.05, 0) is 48.9 Å². The fourth-order valence-corrected chi connectivity index (χ4v) is 4.55. The van der Waals surface area contributed by atoms with E-state index in [-0.39, 0.29) is 0 Å². The molecule has 1 N–H and O–H groups in total. The number of nitrogens with zero attached hydrogens (tertiary/aromatic N) is 3. The van der Waals surface area contributed by atoms with E-state index in [0.717, 1.165) is 45.4 Å². The van der Waals surface area contributed by atoms with Crippen molar-refractivity contribution in [2.24, 2.45) is 5.10 Å². The standard InChI is InChI=1S/C26H24N4O2S/c1-31-20-11-13-21(14-12-20)32-16-6-15-30-18-19(22-7-2-4-9-24(22)30)17-27-29-26-28-23-8-3-5-10-25(23)33-26/h2-5,7-14,17-18H,6,15-16H2,1H3,(H,28,29). The van der Waals surface area contributed by atoms with Crippen LogP contribution in [0.25, 0.3) is 21.1 Å². The summed E-state index contributed by atoms with van der Waals surface area (Å²) in [5, 5.41) is 6.40. The van der Waals surface area contributed by atoms with Crippen molar-refractivity contribution in [1.29, 1.82) is 0 Å². The number of hydrogen-bond acceptors (Lipinski definition) is 6. The Morgan fingerprint density at radius 3 is 2.64 bits per heavy atom. The minimum absolute atomic E-state index is 0.640. The molecule has 0 aliphatic heterocycles. The number of hydrazone groups is 1. The van der Waals surface area contributed by atoms with Crippen LogP contribution in [-0.2, 0) is 6.54 Å². The molecule has 0 amide bonds. The van der Waals surface area contributed by atoms with E-state index in [1.165, 1.54) is 10.9 Å². The van der Waals surface area contributed by atoms with Crippen LogP contribution in [0.1, 0.15) is 12.0 Å². The van der Waals surface area contributed by atoms with Crippen molar-refractivity contribution in [2.45, 2.75) is 13.0 Å². The van der Waals surface area contributed by atoms with Gasteiger partial charge in [0, 0.05) is 29.2 Å². The summed E-state index contributed by atoms with van der Waals surface area (Å²) in [6, 6.07) is 24.1. The van der Waals surface area contributed by atoms with Crippen molar-refractivity contribution in [3.05, 3.63) is 84.6 Å². The lowest BCUT2D eigenvalue weighted by molar-refractivity contribution is 0.302. The molecule has 2 heterocycles. The minimum atomic E-state index is 0.640. The molecule has 5 rings (SSSR count). The molecule has 0 unspecified atom stereocenters. The van der Waals surface area contributed by atoms with Gasteiger partial charge in [0.15, 0.2) is 0 Å². The maximum Gasteiger partial charge on any atom is 0.204 e. The molecule has 0 bridgehead atoms. The SMILES string of the molecule is COc1ccc(OCCCn2cc(C=NNc3nc4ccccc4s3)c3ccccc32)cc1. The number of rotatable bonds is 9. The molecule has 0 fully saturated rings. The van der Waals surface area contributed by atoms with Crippen LogP contribution in [0.5, 0.6) is 11.5 Å². The highest BCUT2D eigenvalue weighted by Gasteiger charge is 2.07. The van der Waals surface area contributed by atoms with Crippen LogP contribution in [0, 0.1) is 0 Å². The summed E-state index contributed by atoms with van der Waals surface area (Å²) in [5.74, 6) is 1.68. The Bertz CT molecular complexity index is 1360. The van der Waals surface area contributed by atoms with E-state index in [9.17, 15) is 0 Å². The topological polar surface area (TPSA) is 60.7 Å². The number of aryl methyl sites for hydroxylation is 1. The second-order valence-corrected chi connectivity index (χ2v) is 8.56. The maximum absolute atomic E-state index is 5.87. The van der Waals surface area contributed by atoms with Gasteiger partial charge in [0.2, 0.25) is 5.13 Å². The van der Waals surface area contributed by atoms with E-state index < -0.39 is 0 Å². The van der Waals surface area contributed by atoms with Crippen molar-refractivity contribution < 1.29 is 9.47 Å². The third-order valence-electron chi connectivity index (χ3n) is 5.35. The number of methoxy groups -OCH3 is 1. The van der Waals surface area contributed by atoms with Gasteiger partial charge in [-0.25, -0.2) is 4.98 Å². The van der Waals surface area contributed by atoms with E-state index in [4.69, 9.17) is 9.47 Å². The van der Waals surface area contributed by atoms with Gasteiger partial charge < -0.3 is 14.0 Å². The zero-order valence-electron chi connectivity index (χ0n) is 18.3. The molecule has 166 valence electrons. The number of nitrogens with one attached hydrogen (secondary N) is 1. The van der Waals surface area contributed by atoms with Crippen molar-refractivity contribution in [2.75, 3.05) is 19.1 Å². The summed E-state index contributed by atoms with van der Waals surface area (Å²) < 4.78 is 14.5. The molecular formula is C26H24N4O2S. The summed E-state index contributed by atoms with van der Waals surface area (Å²) in [6.07, 6.45) is 4.89. The molecule has 0 spiro atoms. The Balaban J connectivity index is 1.23. The molecule has 7 heteroatoms. The number of thiazole rings is 1. The van der Waals surface area contributed by atoms with Crippen molar-refractivity contribution in [3.63, 3.8) is 0 Å². The van der Waals surface area contributed by atoms with Gasteiger partial charge in [0.25, 0.3) is 0 Å². The molecule has 2 aromatic heterocycles. The molecule has 5 aromatic rings. The molecule has 0 saturated carbocycles. The van der Waals surface area contributed by atoms with E-state index in [0.29, 0.717) is 6.61 Å². The van der Waals surface area contributed by atoms with Gasteiger partial charge in [-0.3, -0.25) is 5.43 Å². The second kappa shape index (κ2) is 9.75. The van der Waals surface area contributed by atoms with Crippen LogP contribution < -0.4 is 14.9 Å². The van der Waals surface area contributed by atoms with Gasteiger partial charge in [0.05, 0.1) is 30.1 Å². The summed E-state index contributed by atoms with van der Waals surface area (Å²) >= 11 is 1.59. The zero-order chi connectivity index (χ0) is 22.5. The van der Waals surface area contributed by atoms with E-state index in [2.05, 4.69) is 56.6 Å². The van der Waals surface area contributed by atoms with E-state index >= 15 is 0 Å². The first-order valence-electron chi connectivity index (χ1n) is 10.8. The number of ether oxygens (including phenoxy) is 2. The molecule has 0 aliphatic carbocycles. The number of benzene rings is 3. The first kappa shape index (κ1) is 21.0. The molecule has 33 heavy (non-hydrogen) atoms. The van der Waals surface area contributed by atoms with Gasteiger partial charge >= 0.3 is 0 Å². The van der Waals surface area contributed by atoms with Crippen LogP contribution in [0.15, 0.2) is 84.1 Å². The molecule has 0 radical (unpaired) electrons. The highest BCUT2D eigenvalue weighted by atomic mass is 32.1. The second-order valence-electron chi connectivity index (χ2n) is 7.53. The lowest BCUT2D eigenvalue weighted by atomic mass is 10.2. The van der Waals surface area contributed by atoms with Crippen LogP contribution in [-0.4, -0.2) is 29.5 Å². The zero-order valence-corrected chi connectivity index (χ0v) is 19.1. The average molecular weight is 457 g/mol. The van der Waals surface area contributed by atoms with Crippen LogP contribution in [0.3, 0.4) is 0 Å².